The Balaban J connectivity index is 2.15. The topological polar surface area (TPSA) is 55.1 Å². The van der Waals surface area contributed by atoms with Crippen molar-refractivity contribution < 1.29 is 9.18 Å². The zero-order chi connectivity index (χ0) is 10.8. The smallest absolute Gasteiger partial charge is 0.239 e. The van der Waals surface area contributed by atoms with Gasteiger partial charge in [-0.3, -0.25) is 10.1 Å². The van der Waals surface area contributed by atoms with Crippen molar-refractivity contribution in [3.63, 3.8) is 0 Å². The molecule has 1 aliphatic rings. The number of carbonyl (C=O) groups excluding carboxylic acids is 1. The molecule has 1 aromatic carbocycles. The maximum atomic E-state index is 12.7. The zero-order valence-electron chi connectivity index (χ0n) is 8.24. The van der Waals surface area contributed by atoms with Crippen LogP contribution in [0.4, 0.5) is 4.39 Å². The molecule has 0 spiro atoms. The zero-order valence-corrected chi connectivity index (χ0v) is 8.24. The SMILES string of the molecule is NC(=O)C(NC1CC1)c1ccc(F)cc1. The number of rotatable bonds is 4. The molecule has 80 valence electrons. The van der Waals surface area contributed by atoms with Gasteiger partial charge in [0.15, 0.2) is 0 Å². The van der Waals surface area contributed by atoms with Gasteiger partial charge in [-0.05, 0) is 30.5 Å². The fourth-order valence-electron chi connectivity index (χ4n) is 1.48. The number of nitrogens with two attached hydrogens (primary N) is 1. The summed E-state index contributed by atoms with van der Waals surface area (Å²) in [6.07, 6.45) is 2.15. The third-order valence-corrected chi connectivity index (χ3v) is 2.47. The van der Waals surface area contributed by atoms with Crippen LogP contribution < -0.4 is 11.1 Å². The van der Waals surface area contributed by atoms with E-state index < -0.39 is 11.9 Å². The third-order valence-electron chi connectivity index (χ3n) is 2.47. The molecule has 0 aliphatic heterocycles. The van der Waals surface area contributed by atoms with Gasteiger partial charge in [-0.15, -0.1) is 0 Å². The Hall–Kier alpha value is -1.42. The van der Waals surface area contributed by atoms with Gasteiger partial charge in [-0.2, -0.15) is 0 Å². The van der Waals surface area contributed by atoms with Crippen LogP contribution in [0, 0.1) is 5.82 Å². The lowest BCUT2D eigenvalue weighted by molar-refractivity contribution is -0.120. The van der Waals surface area contributed by atoms with Crippen LogP contribution in [-0.4, -0.2) is 11.9 Å². The van der Waals surface area contributed by atoms with Crippen LogP contribution in [-0.2, 0) is 4.79 Å². The number of carbonyl (C=O) groups is 1. The molecule has 1 unspecified atom stereocenters. The van der Waals surface area contributed by atoms with Crippen molar-refractivity contribution in [1.29, 1.82) is 0 Å². The molecular formula is C11H13FN2O. The summed E-state index contributed by atoms with van der Waals surface area (Å²) in [4.78, 5) is 11.2. The van der Waals surface area contributed by atoms with Gasteiger partial charge in [0.25, 0.3) is 0 Å². The van der Waals surface area contributed by atoms with E-state index in [9.17, 15) is 9.18 Å². The predicted molar refractivity (Wildman–Crippen MR) is 54.5 cm³/mol. The second-order valence-corrected chi connectivity index (χ2v) is 3.83. The average Bonchev–Trinajstić information content (AvgIpc) is 2.99. The summed E-state index contributed by atoms with van der Waals surface area (Å²) in [6.45, 7) is 0. The van der Waals surface area contributed by atoms with Gasteiger partial charge in [0.1, 0.15) is 11.9 Å². The van der Waals surface area contributed by atoms with Gasteiger partial charge in [-0.25, -0.2) is 4.39 Å². The lowest BCUT2D eigenvalue weighted by atomic mass is 10.1. The van der Waals surface area contributed by atoms with E-state index in [-0.39, 0.29) is 5.82 Å². The summed E-state index contributed by atoms with van der Waals surface area (Å²) in [5.74, 6) is -0.734. The second kappa shape index (κ2) is 3.98. The molecule has 1 aliphatic carbocycles. The van der Waals surface area contributed by atoms with Gasteiger partial charge in [-0.1, -0.05) is 12.1 Å². The first-order chi connectivity index (χ1) is 7.16. The quantitative estimate of drug-likeness (QED) is 0.778. The molecule has 15 heavy (non-hydrogen) atoms. The number of benzene rings is 1. The van der Waals surface area contributed by atoms with E-state index in [0.717, 1.165) is 18.4 Å². The number of amides is 1. The minimum Gasteiger partial charge on any atom is -0.368 e. The third kappa shape index (κ3) is 2.53. The van der Waals surface area contributed by atoms with E-state index in [0.29, 0.717) is 6.04 Å². The van der Waals surface area contributed by atoms with Gasteiger partial charge >= 0.3 is 0 Å². The Morgan fingerprint density at radius 2 is 2.00 bits per heavy atom. The van der Waals surface area contributed by atoms with Crippen molar-refractivity contribution in [2.45, 2.75) is 24.9 Å². The van der Waals surface area contributed by atoms with E-state index >= 15 is 0 Å². The molecular weight excluding hydrogens is 195 g/mol. The first kappa shape index (κ1) is 10.1. The molecule has 0 aromatic heterocycles. The second-order valence-electron chi connectivity index (χ2n) is 3.83. The highest BCUT2D eigenvalue weighted by atomic mass is 19.1. The van der Waals surface area contributed by atoms with Crippen LogP contribution in [0.15, 0.2) is 24.3 Å². The van der Waals surface area contributed by atoms with Crippen LogP contribution in [0.2, 0.25) is 0 Å². The first-order valence-corrected chi connectivity index (χ1v) is 4.97. The summed E-state index contributed by atoms with van der Waals surface area (Å²) >= 11 is 0. The van der Waals surface area contributed by atoms with Crippen molar-refractivity contribution in [3.8, 4) is 0 Å². The van der Waals surface area contributed by atoms with Crippen molar-refractivity contribution in [2.24, 2.45) is 5.73 Å². The van der Waals surface area contributed by atoms with Gasteiger partial charge in [0, 0.05) is 6.04 Å². The van der Waals surface area contributed by atoms with E-state index in [2.05, 4.69) is 5.32 Å². The number of primary amides is 1. The van der Waals surface area contributed by atoms with Crippen molar-refractivity contribution in [2.75, 3.05) is 0 Å². The van der Waals surface area contributed by atoms with Gasteiger partial charge in [0.2, 0.25) is 5.91 Å². The van der Waals surface area contributed by atoms with Crippen LogP contribution in [0.1, 0.15) is 24.4 Å². The maximum absolute atomic E-state index is 12.7. The molecule has 4 heteroatoms. The van der Waals surface area contributed by atoms with Gasteiger partial charge in [0.05, 0.1) is 0 Å². The Morgan fingerprint density at radius 1 is 1.40 bits per heavy atom. The average molecular weight is 208 g/mol. The standard InChI is InChI=1S/C11H13FN2O/c12-8-3-1-7(2-4-8)10(11(13)15)14-9-5-6-9/h1-4,9-10,14H,5-6H2,(H2,13,15). The van der Waals surface area contributed by atoms with Crippen LogP contribution in [0.3, 0.4) is 0 Å². The molecule has 1 fully saturated rings. The highest BCUT2D eigenvalue weighted by Crippen LogP contribution is 2.24. The molecule has 1 aromatic rings. The van der Waals surface area contributed by atoms with E-state index in [4.69, 9.17) is 5.73 Å². The Labute approximate surface area is 87.5 Å². The molecule has 0 saturated heterocycles. The van der Waals surface area contributed by atoms with Crippen LogP contribution in [0.25, 0.3) is 0 Å². The molecule has 1 saturated carbocycles. The fraction of sp³-hybridized carbons (Fsp3) is 0.364. The number of hydrogen-bond acceptors (Lipinski definition) is 2. The Kier molecular flexibility index (Phi) is 2.68. The molecule has 3 nitrogen and oxygen atoms in total. The Morgan fingerprint density at radius 3 is 2.47 bits per heavy atom. The largest absolute Gasteiger partial charge is 0.368 e. The highest BCUT2D eigenvalue weighted by molar-refractivity contribution is 5.81. The van der Waals surface area contributed by atoms with Crippen molar-refractivity contribution in [3.05, 3.63) is 35.6 Å². The van der Waals surface area contributed by atoms with Crippen molar-refractivity contribution in [1.82, 2.24) is 5.32 Å². The number of nitrogens with one attached hydrogen (secondary N) is 1. The summed E-state index contributed by atoms with van der Waals surface area (Å²) in [5, 5.41) is 3.13. The van der Waals surface area contributed by atoms with Crippen LogP contribution >= 0.6 is 0 Å². The summed E-state index contributed by atoms with van der Waals surface area (Å²) < 4.78 is 12.7. The molecule has 0 radical (unpaired) electrons. The fourth-order valence-corrected chi connectivity index (χ4v) is 1.48. The van der Waals surface area contributed by atoms with E-state index in [1.54, 1.807) is 12.1 Å². The normalized spacial score (nSPS) is 17.4. The molecule has 0 heterocycles. The lowest BCUT2D eigenvalue weighted by Crippen LogP contribution is -2.34. The summed E-state index contributed by atoms with van der Waals surface area (Å²) in [7, 11) is 0. The molecule has 2 rings (SSSR count). The summed E-state index contributed by atoms with van der Waals surface area (Å²) in [6, 6.07) is 5.71. The van der Waals surface area contributed by atoms with E-state index in [1.165, 1.54) is 12.1 Å². The molecule has 3 N–H and O–H groups in total. The number of hydrogen-bond donors (Lipinski definition) is 2. The monoisotopic (exact) mass is 208 g/mol. The Bertz CT molecular complexity index is 359. The van der Waals surface area contributed by atoms with Crippen molar-refractivity contribution >= 4 is 5.91 Å². The molecule has 1 atom stereocenters. The first-order valence-electron chi connectivity index (χ1n) is 4.97. The van der Waals surface area contributed by atoms with Crippen LogP contribution in [0.5, 0.6) is 0 Å². The summed E-state index contributed by atoms with van der Waals surface area (Å²) in [5.41, 5.74) is 6.01. The van der Waals surface area contributed by atoms with Gasteiger partial charge < -0.3 is 5.73 Å². The maximum Gasteiger partial charge on any atom is 0.239 e. The number of halogens is 1. The molecule has 0 bridgehead atoms. The minimum absolute atomic E-state index is 0.312. The lowest BCUT2D eigenvalue weighted by Gasteiger charge is -2.15. The van der Waals surface area contributed by atoms with E-state index in [1.807, 2.05) is 0 Å². The predicted octanol–water partition coefficient (Wildman–Crippen LogP) is 1.10. The highest BCUT2D eigenvalue weighted by Gasteiger charge is 2.28. The minimum atomic E-state index is -0.502. The molecule has 1 amide bonds.